The van der Waals surface area contributed by atoms with Crippen molar-refractivity contribution in [2.24, 2.45) is 0 Å². The molecule has 2 rings (SSSR count). The number of aromatic nitrogens is 3. The molecule has 0 aliphatic heterocycles. The zero-order valence-corrected chi connectivity index (χ0v) is 10.3. The van der Waals surface area contributed by atoms with Gasteiger partial charge in [-0.25, -0.2) is 4.39 Å². The van der Waals surface area contributed by atoms with E-state index in [0.29, 0.717) is 22.7 Å². The summed E-state index contributed by atoms with van der Waals surface area (Å²) in [7, 11) is 1.43. The molecule has 0 saturated carbocycles. The standard InChI is InChI=1S/C11H12FN3OS/c1-3-15-10(13-14-11(15)17)7-4-5-9(16-2)8(12)6-7/h4-6H,3H2,1-2H3,(H,14,17). The SMILES string of the molecule is CCn1c(-c2ccc(OC)c(F)c2)n[nH]c1=S. The first kappa shape index (κ1) is 11.8. The summed E-state index contributed by atoms with van der Waals surface area (Å²) in [6, 6.07) is 4.71. The molecular formula is C11H12FN3OS. The Labute approximate surface area is 103 Å². The van der Waals surface area contributed by atoms with Gasteiger partial charge < -0.3 is 9.30 Å². The van der Waals surface area contributed by atoms with Crippen LogP contribution in [0.3, 0.4) is 0 Å². The molecule has 0 bridgehead atoms. The van der Waals surface area contributed by atoms with Crippen molar-refractivity contribution < 1.29 is 9.13 Å². The van der Waals surface area contributed by atoms with Crippen molar-refractivity contribution in [3.05, 3.63) is 28.8 Å². The number of rotatable bonds is 3. The average molecular weight is 253 g/mol. The molecule has 0 fully saturated rings. The predicted molar refractivity (Wildman–Crippen MR) is 65.0 cm³/mol. The van der Waals surface area contributed by atoms with Crippen molar-refractivity contribution >= 4 is 12.2 Å². The number of hydrogen-bond acceptors (Lipinski definition) is 3. The van der Waals surface area contributed by atoms with Crippen LogP contribution in [0.15, 0.2) is 18.2 Å². The van der Waals surface area contributed by atoms with Gasteiger partial charge in [0, 0.05) is 12.1 Å². The Bertz CT molecular complexity index is 591. The maximum absolute atomic E-state index is 13.6. The van der Waals surface area contributed by atoms with E-state index in [9.17, 15) is 4.39 Å². The number of nitrogens with zero attached hydrogens (tertiary/aromatic N) is 2. The van der Waals surface area contributed by atoms with Crippen molar-refractivity contribution in [1.29, 1.82) is 0 Å². The van der Waals surface area contributed by atoms with Crippen LogP contribution in [0, 0.1) is 10.6 Å². The van der Waals surface area contributed by atoms with E-state index in [1.165, 1.54) is 13.2 Å². The maximum Gasteiger partial charge on any atom is 0.195 e. The lowest BCUT2D eigenvalue weighted by Crippen LogP contribution is -1.98. The summed E-state index contributed by atoms with van der Waals surface area (Å²) in [5.41, 5.74) is 0.664. The molecule has 0 unspecified atom stereocenters. The van der Waals surface area contributed by atoms with Gasteiger partial charge in [-0.3, -0.25) is 5.10 Å². The van der Waals surface area contributed by atoms with Crippen molar-refractivity contribution in [2.45, 2.75) is 13.5 Å². The van der Waals surface area contributed by atoms with Gasteiger partial charge in [-0.15, -0.1) is 0 Å². The van der Waals surface area contributed by atoms with Crippen LogP contribution in [0.25, 0.3) is 11.4 Å². The van der Waals surface area contributed by atoms with Gasteiger partial charge in [0.25, 0.3) is 0 Å². The summed E-state index contributed by atoms with van der Waals surface area (Å²) in [5, 5.41) is 6.79. The number of halogens is 1. The molecule has 0 saturated heterocycles. The van der Waals surface area contributed by atoms with Crippen LogP contribution in [0.2, 0.25) is 0 Å². The summed E-state index contributed by atoms with van der Waals surface area (Å²) in [4.78, 5) is 0. The molecule has 1 N–H and O–H groups in total. The molecule has 1 aromatic carbocycles. The van der Waals surface area contributed by atoms with E-state index < -0.39 is 5.82 Å². The third-order valence-corrected chi connectivity index (χ3v) is 2.80. The van der Waals surface area contributed by atoms with E-state index in [2.05, 4.69) is 10.2 Å². The van der Waals surface area contributed by atoms with Gasteiger partial charge in [0.2, 0.25) is 0 Å². The second kappa shape index (κ2) is 4.67. The van der Waals surface area contributed by atoms with E-state index in [-0.39, 0.29) is 5.75 Å². The zero-order chi connectivity index (χ0) is 12.4. The fourth-order valence-corrected chi connectivity index (χ4v) is 1.90. The Morgan fingerprint density at radius 2 is 2.29 bits per heavy atom. The predicted octanol–water partition coefficient (Wildman–Crippen LogP) is 2.78. The van der Waals surface area contributed by atoms with Gasteiger partial charge in [0.1, 0.15) is 0 Å². The third-order valence-electron chi connectivity index (χ3n) is 2.48. The van der Waals surface area contributed by atoms with E-state index in [4.69, 9.17) is 17.0 Å². The molecule has 6 heteroatoms. The highest BCUT2D eigenvalue weighted by Crippen LogP contribution is 2.24. The van der Waals surface area contributed by atoms with E-state index in [1.54, 1.807) is 16.7 Å². The quantitative estimate of drug-likeness (QED) is 0.855. The van der Waals surface area contributed by atoms with Gasteiger partial charge in [-0.1, -0.05) is 0 Å². The number of aromatic amines is 1. The van der Waals surface area contributed by atoms with Crippen LogP contribution in [0.4, 0.5) is 4.39 Å². The molecule has 0 atom stereocenters. The minimum atomic E-state index is -0.415. The van der Waals surface area contributed by atoms with Gasteiger partial charge in [0.15, 0.2) is 22.2 Å². The van der Waals surface area contributed by atoms with Crippen LogP contribution in [-0.2, 0) is 6.54 Å². The molecule has 90 valence electrons. The highest BCUT2D eigenvalue weighted by molar-refractivity contribution is 7.71. The Balaban J connectivity index is 2.53. The fourth-order valence-electron chi connectivity index (χ4n) is 1.64. The number of hydrogen-bond donors (Lipinski definition) is 1. The van der Waals surface area contributed by atoms with Gasteiger partial charge >= 0.3 is 0 Å². The van der Waals surface area contributed by atoms with Crippen LogP contribution in [-0.4, -0.2) is 21.9 Å². The highest BCUT2D eigenvalue weighted by Gasteiger charge is 2.10. The molecule has 0 radical (unpaired) electrons. The van der Waals surface area contributed by atoms with Crippen molar-refractivity contribution in [2.75, 3.05) is 7.11 Å². The molecule has 4 nitrogen and oxygen atoms in total. The van der Waals surface area contributed by atoms with Crippen LogP contribution in [0.1, 0.15) is 6.92 Å². The number of benzene rings is 1. The minimum Gasteiger partial charge on any atom is -0.494 e. The summed E-state index contributed by atoms with van der Waals surface area (Å²) in [6.45, 7) is 2.63. The van der Waals surface area contributed by atoms with E-state index in [1.807, 2.05) is 6.92 Å². The summed E-state index contributed by atoms with van der Waals surface area (Å²) < 4.78 is 20.8. The monoisotopic (exact) mass is 253 g/mol. The maximum atomic E-state index is 13.6. The minimum absolute atomic E-state index is 0.214. The van der Waals surface area contributed by atoms with Gasteiger partial charge in [-0.05, 0) is 37.3 Å². The topological polar surface area (TPSA) is 42.8 Å². The largest absolute Gasteiger partial charge is 0.494 e. The van der Waals surface area contributed by atoms with E-state index >= 15 is 0 Å². The Kier molecular flexibility index (Phi) is 3.23. The zero-order valence-electron chi connectivity index (χ0n) is 9.53. The normalized spacial score (nSPS) is 10.5. The van der Waals surface area contributed by atoms with Gasteiger partial charge in [-0.2, -0.15) is 5.10 Å². The number of nitrogens with one attached hydrogen (secondary N) is 1. The summed E-state index contributed by atoms with van der Waals surface area (Å²) in [5.74, 6) is 0.423. The lowest BCUT2D eigenvalue weighted by molar-refractivity contribution is 0.386. The molecule has 0 amide bonds. The first-order valence-electron chi connectivity index (χ1n) is 5.16. The Morgan fingerprint density at radius 3 is 2.88 bits per heavy atom. The smallest absolute Gasteiger partial charge is 0.195 e. The number of methoxy groups -OCH3 is 1. The molecule has 1 aromatic heterocycles. The molecular weight excluding hydrogens is 241 g/mol. The van der Waals surface area contributed by atoms with Crippen LogP contribution >= 0.6 is 12.2 Å². The molecule has 17 heavy (non-hydrogen) atoms. The average Bonchev–Trinajstić information content (AvgIpc) is 2.70. The first-order chi connectivity index (χ1) is 8.17. The number of H-pyrrole nitrogens is 1. The van der Waals surface area contributed by atoms with Crippen molar-refractivity contribution in [3.8, 4) is 17.1 Å². The lowest BCUT2D eigenvalue weighted by Gasteiger charge is -2.06. The summed E-state index contributed by atoms with van der Waals surface area (Å²) in [6.07, 6.45) is 0. The fraction of sp³-hybridized carbons (Fsp3) is 0.273. The van der Waals surface area contributed by atoms with Crippen LogP contribution in [0.5, 0.6) is 5.75 Å². The second-order valence-electron chi connectivity index (χ2n) is 3.45. The van der Waals surface area contributed by atoms with Gasteiger partial charge in [0.05, 0.1) is 7.11 Å². The molecule has 2 aromatic rings. The van der Waals surface area contributed by atoms with Crippen molar-refractivity contribution in [1.82, 2.24) is 14.8 Å². The molecule has 0 aliphatic carbocycles. The van der Waals surface area contributed by atoms with Crippen molar-refractivity contribution in [3.63, 3.8) is 0 Å². The van der Waals surface area contributed by atoms with E-state index in [0.717, 1.165) is 0 Å². The summed E-state index contributed by atoms with van der Waals surface area (Å²) >= 11 is 5.08. The third kappa shape index (κ3) is 2.08. The Hall–Kier alpha value is -1.69. The Morgan fingerprint density at radius 1 is 1.53 bits per heavy atom. The van der Waals surface area contributed by atoms with Crippen LogP contribution < -0.4 is 4.74 Å². The highest BCUT2D eigenvalue weighted by atomic mass is 32.1. The molecule has 0 spiro atoms. The first-order valence-corrected chi connectivity index (χ1v) is 5.57. The lowest BCUT2D eigenvalue weighted by atomic mass is 10.2. The molecule has 0 aliphatic rings. The second-order valence-corrected chi connectivity index (χ2v) is 3.83. The molecule has 1 heterocycles. The number of ether oxygens (including phenoxy) is 1.